The molecular formula is C8H8ClF3N2O. The summed E-state index contributed by atoms with van der Waals surface area (Å²) in [6, 6.07) is 0.764. The molecular weight excluding hydrogens is 233 g/mol. The van der Waals surface area contributed by atoms with E-state index in [1.807, 2.05) is 0 Å². The Balaban J connectivity index is 2.88. The van der Waals surface area contributed by atoms with E-state index in [4.69, 9.17) is 22.1 Å². The molecule has 0 aromatic carbocycles. The van der Waals surface area contributed by atoms with E-state index < -0.39 is 11.7 Å². The lowest BCUT2D eigenvalue weighted by molar-refractivity contribution is -0.137. The molecule has 0 amide bonds. The number of hydrogen-bond acceptors (Lipinski definition) is 3. The van der Waals surface area contributed by atoms with Crippen LogP contribution in [0.4, 0.5) is 13.2 Å². The summed E-state index contributed by atoms with van der Waals surface area (Å²) in [5.41, 5.74) is 4.24. The number of halogens is 4. The lowest BCUT2D eigenvalue weighted by Crippen LogP contribution is -2.12. The molecule has 0 aliphatic carbocycles. The Kier molecular flexibility index (Phi) is 3.76. The third kappa shape index (κ3) is 3.24. The maximum atomic E-state index is 12.2. The minimum Gasteiger partial charge on any atom is -0.475 e. The lowest BCUT2D eigenvalue weighted by atomic mass is 10.3. The zero-order chi connectivity index (χ0) is 11.5. The number of aromatic nitrogens is 1. The lowest BCUT2D eigenvalue weighted by Gasteiger charge is -2.09. The predicted molar refractivity (Wildman–Crippen MR) is 48.8 cm³/mol. The fraction of sp³-hybridized carbons (Fsp3) is 0.375. The molecule has 0 saturated heterocycles. The van der Waals surface area contributed by atoms with Crippen molar-refractivity contribution >= 4 is 11.6 Å². The van der Waals surface area contributed by atoms with E-state index in [1.54, 1.807) is 0 Å². The van der Waals surface area contributed by atoms with Crippen LogP contribution in [0.15, 0.2) is 12.3 Å². The molecule has 0 radical (unpaired) electrons. The van der Waals surface area contributed by atoms with Gasteiger partial charge in [-0.2, -0.15) is 13.2 Å². The molecule has 84 valence electrons. The number of nitrogens with two attached hydrogens (primary N) is 1. The molecule has 7 heteroatoms. The Morgan fingerprint density at radius 3 is 2.60 bits per heavy atom. The Bertz CT molecular complexity index is 343. The van der Waals surface area contributed by atoms with Gasteiger partial charge in [0.2, 0.25) is 5.88 Å². The van der Waals surface area contributed by atoms with Gasteiger partial charge in [0.1, 0.15) is 11.6 Å². The highest BCUT2D eigenvalue weighted by molar-refractivity contribution is 6.31. The van der Waals surface area contributed by atoms with Gasteiger partial charge in [-0.3, -0.25) is 0 Å². The van der Waals surface area contributed by atoms with Crippen LogP contribution in [-0.4, -0.2) is 18.1 Å². The van der Waals surface area contributed by atoms with Crippen LogP contribution in [0.25, 0.3) is 0 Å². The van der Waals surface area contributed by atoms with E-state index in [-0.39, 0.29) is 24.1 Å². The smallest absolute Gasteiger partial charge is 0.417 e. The zero-order valence-electron chi connectivity index (χ0n) is 7.51. The Labute approximate surface area is 89.0 Å². The van der Waals surface area contributed by atoms with Crippen LogP contribution in [0, 0.1) is 0 Å². The van der Waals surface area contributed by atoms with Crippen molar-refractivity contribution in [3.63, 3.8) is 0 Å². The summed E-state index contributed by atoms with van der Waals surface area (Å²) in [6.45, 7) is 0.386. The largest absolute Gasteiger partial charge is 0.475 e. The molecule has 2 N–H and O–H groups in total. The van der Waals surface area contributed by atoms with Gasteiger partial charge in [-0.15, -0.1) is 0 Å². The van der Waals surface area contributed by atoms with Gasteiger partial charge in [-0.25, -0.2) is 4.98 Å². The van der Waals surface area contributed by atoms with E-state index in [1.165, 1.54) is 0 Å². The highest BCUT2D eigenvalue weighted by atomic mass is 35.5. The molecule has 0 aliphatic rings. The molecule has 1 aromatic rings. The summed E-state index contributed by atoms with van der Waals surface area (Å²) in [4.78, 5) is 3.45. The summed E-state index contributed by atoms with van der Waals surface area (Å²) in [5, 5.41) is -0.182. The summed E-state index contributed by atoms with van der Waals surface area (Å²) >= 11 is 5.54. The first-order valence-corrected chi connectivity index (χ1v) is 4.38. The second-order valence-corrected chi connectivity index (χ2v) is 3.05. The van der Waals surface area contributed by atoms with Crippen LogP contribution in [0.2, 0.25) is 5.02 Å². The number of rotatable bonds is 3. The second kappa shape index (κ2) is 4.67. The quantitative estimate of drug-likeness (QED) is 0.880. The van der Waals surface area contributed by atoms with E-state index in [9.17, 15) is 13.2 Å². The normalized spacial score (nSPS) is 11.5. The van der Waals surface area contributed by atoms with Gasteiger partial charge in [-0.1, -0.05) is 11.6 Å². The first kappa shape index (κ1) is 12.1. The molecule has 0 aliphatic heterocycles. The maximum absolute atomic E-state index is 12.2. The summed E-state index contributed by atoms with van der Waals surface area (Å²) in [6.07, 6.45) is -3.79. The van der Waals surface area contributed by atoms with E-state index in [2.05, 4.69) is 4.98 Å². The van der Waals surface area contributed by atoms with Gasteiger partial charge < -0.3 is 10.5 Å². The monoisotopic (exact) mass is 240 g/mol. The van der Waals surface area contributed by atoms with Gasteiger partial charge in [0.25, 0.3) is 0 Å². The van der Waals surface area contributed by atoms with Crippen molar-refractivity contribution in [2.24, 2.45) is 5.73 Å². The van der Waals surface area contributed by atoms with Gasteiger partial charge in [0, 0.05) is 12.7 Å². The van der Waals surface area contributed by atoms with Gasteiger partial charge in [0.15, 0.2) is 0 Å². The molecule has 0 bridgehead atoms. The molecule has 0 unspecified atom stereocenters. The number of alkyl halides is 3. The molecule has 1 aromatic heterocycles. The van der Waals surface area contributed by atoms with Crippen molar-refractivity contribution in [3.8, 4) is 5.88 Å². The molecule has 0 atom stereocenters. The highest BCUT2D eigenvalue weighted by Gasteiger charge is 2.31. The van der Waals surface area contributed by atoms with Crippen LogP contribution in [-0.2, 0) is 6.18 Å². The molecule has 0 spiro atoms. The van der Waals surface area contributed by atoms with E-state index in [0.717, 1.165) is 6.07 Å². The van der Waals surface area contributed by atoms with Crippen molar-refractivity contribution in [3.05, 3.63) is 22.8 Å². The summed E-state index contributed by atoms with van der Waals surface area (Å²) < 4.78 is 41.5. The third-order valence-corrected chi connectivity index (χ3v) is 1.76. The van der Waals surface area contributed by atoms with Crippen molar-refractivity contribution in [2.45, 2.75) is 6.18 Å². The van der Waals surface area contributed by atoms with Crippen LogP contribution in [0.3, 0.4) is 0 Å². The van der Waals surface area contributed by atoms with Crippen molar-refractivity contribution in [2.75, 3.05) is 13.2 Å². The van der Waals surface area contributed by atoms with Crippen LogP contribution in [0.1, 0.15) is 5.56 Å². The average Bonchev–Trinajstić information content (AvgIpc) is 2.14. The minimum atomic E-state index is -4.46. The van der Waals surface area contributed by atoms with Crippen molar-refractivity contribution < 1.29 is 17.9 Å². The first-order chi connectivity index (χ1) is 6.95. The van der Waals surface area contributed by atoms with Gasteiger partial charge >= 0.3 is 6.18 Å². The minimum absolute atomic E-state index is 0.0462. The molecule has 1 heterocycles. The predicted octanol–water partition coefficient (Wildman–Crippen LogP) is 2.09. The van der Waals surface area contributed by atoms with E-state index >= 15 is 0 Å². The topological polar surface area (TPSA) is 48.1 Å². The fourth-order valence-corrected chi connectivity index (χ4v) is 1.06. The maximum Gasteiger partial charge on any atom is 0.417 e. The Hall–Kier alpha value is -1.01. The van der Waals surface area contributed by atoms with Gasteiger partial charge in [-0.05, 0) is 6.07 Å². The number of hydrogen-bond donors (Lipinski definition) is 1. The Morgan fingerprint density at radius 2 is 2.13 bits per heavy atom. The average molecular weight is 241 g/mol. The number of nitrogens with zero attached hydrogens (tertiary/aromatic N) is 1. The van der Waals surface area contributed by atoms with Crippen LogP contribution < -0.4 is 10.5 Å². The SMILES string of the molecule is NCCOc1ncc(C(F)(F)F)cc1Cl. The fourth-order valence-electron chi connectivity index (χ4n) is 0.842. The number of ether oxygens (including phenoxy) is 1. The van der Waals surface area contributed by atoms with Crippen LogP contribution >= 0.6 is 11.6 Å². The Morgan fingerprint density at radius 1 is 1.47 bits per heavy atom. The molecule has 15 heavy (non-hydrogen) atoms. The number of pyridine rings is 1. The van der Waals surface area contributed by atoms with Crippen molar-refractivity contribution in [1.82, 2.24) is 4.98 Å². The van der Waals surface area contributed by atoms with Crippen molar-refractivity contribution in [1.29, 1.82) is 0 Å². The van der Waals surface area contributed by atoms with E-state index in [0.29, 0.717) is 6.20 Å². The molecule has 0 saturated carbocycles. The third-order valence-electron chi connectivity index (χ3n) is 1.49. The van der Waals surface area contributed by atoms with Crippen LogP contribution in [0.5, 0.6) is 5.88 Å². The molecule has 1 rings (SSSR count). The van der Waals surface area contributed by atoms with Gasteiger partial charge in [0.05, 0.1) is 5.56 Å². The summed E-state index contributed by atoms with van der Waals surface area (Å²) in [7, 11) is 0. The second-order valence-electron chi connectivity index (χ2n) is 2.65. The first-order valence-electron chi connectivity index (χ1n) is 4.00. The standard InChI is InChI=1S/C8H8ClF3N2O/c9-6-3-5(8(10,11)12)4-14-7(6)15-2-1-13/h3-4H,1-2,13H2. The zero-order valence-corrected chi connectivity index (χ0v) is 8.27. The molecule has 0 fully saturated rings. The summed E-state index contributed by atoms with van der Waals surface area (Å²) in [5.74, 6) is -0.0462. The molecule has 3 nitrogen and oxygen atoms in total. The highest BCUT2D eigenvalue weighted by Crippen LogP contribution is 2.32.